The molecule has 4 nitrogen and oxygen atoms in total. The number of carboxylic acid groups (broad SMARTS) is 1. The van der Waals surface area contributed by atoms with Crippen LogP contribution in [-0.2, 0) is 6.42 Å². The lowest BCUT2D eigenvalue weighted by Gasteiger charge is -2.08. The molecule has 2 rings (SSSR count). The van der Waals surface area contributed by atoms with Crippen LogP contribution in [-0.4, -0.2) is 22.7 Å². The molecule has 0 saturated heterocycles. The molecule has 2 aromatic rings. The van der Waals surface area contributed by atoms with E-state index in [9.17, 15) is 4.79 Å². The van der Waals surface area contributed by atoms with E-state index in [0.29, 0.717) is 23.5 Å². The monoisotopic (exact) mass is 277 g/mol. The van der Waals surface area contributed by atoms with Crippen LogP contribution in [0.5, 0.6) is 5.75 Å². The molecule has 1 aromatic heterocycles. The fraction of sp³-hybridized carbons (Fsp3) is 0.286. The first-order valence-corrected chi connectivity index (χ1v) is 6.81. The lowest BCUT2D eigenvalue weighted by molar-refractivity contribution is 0.0696. The van der Waals surface area contributed by atoms with Gasteiger partial charge in [-0.2, -0.15) is 0 Å². The van der Waals surface area contributed by atoms with Crippen molar-refractivity contribution in [1.29, 1.82) is 0 Å². The molecule has 0 fully saturated rings. The minimum Gasteiger partial charge on any atom is -0.493 e. The van der Waals surface area contributed by atoms with Crippen LogP contribution in [0.1, 0.15) is 26.5 Å². The number of carboxylic acids is 1. The molecular formula is C14H15NO3S. The van der Waals surface area contributed by atoms with Gasteiger partial charge in [0.1, 0.15) is 5.75 Å². The van der Waals surface area contributed by atoms with Gasteiger partial charge in [0.2, 0.25) is 0 Å². The van der Waals surface area contributed by atoms with Crippen molar-refractivity contribution in [3.8, 4) is 5.75 Å². The van der Waals surface area contributed by atoms with E-state index < -0.39 is 5.97 Å². The molecule has 0 aliphatic heterocycles. The highest BCUT2D eigenvalue weighted by molar-refractivity contribution is 7.09. The summed E-state index contributed by atoms with van der Waals surface area (Å²) < 4.78 is 5.64. The Morgan fingerprint density at radius 1 is 1.42 bits per heavy atom. The van der Waals surface area contributed by atoms with Crippen LogP contribution in [0, 0.1) is 13.8 Å². The van der Waals surface area contributed by atoms with E-state index in [2.05, 4.69) is 4.98 Å². The molecule has 19 heavy (non-hydrogen) atoms. The molecule has 0 bridgehead atoms. The fourth-order valence-electron chi connectivity index (χ4n) is 1.79. The van der Waals surface area contributed by atoms with Crippen molar-refractivity contribution in [2.75, 3.05) is 6.61 Å². The number of carbonyl (C=O) groups is 1. The largest absolute Gasteiger partial charge is 0.493 e. The summed E-state index contributed by atoms with van der Waals surface area (Å²) in [5.74, 6) is -0.214. The van der Waals surface area contributed by atoms with Crippen molar-refractivity contribution in [2.45, 2.75) is 20.3 Å². The number of benzene rings is 1. The predicted molar refractivity (Wildman–Crippen MR) is 74.2 cm³/mol. The van der Waals surface area contributed by atoms with Gasteiger partial charge in [0.15, 0.2) is 0 Å². The van der Waals surface area contributed by atoms with Crippen LogP contribution in [0.3, 0.4) is 0 Å². The zero-order valence-electron chi connectivity index (χ0n) is 10.8. The highest BCUT2D eigenvalue weighted by Gasteiger charge is 2.08. The zero-order chi connectivity index (χ0) is 13.8. The summed E-state index contributed by atoms with van der Waals surface area (Å²) in [6, 6.07) is 5.02. The van der Waals surface area contributed by atoms with Crippen LogP contribution in [0.4, 0.5) is 0 Å². The Morgan fingerprint density at radius 3 is 2.79 bits per heavy atom. The maximum Gasteiger partial charge on any atom is 0.335 e. The quantitative estimate of drug-likeness (QED) is 0.912. The molecule has 0 aliphatic rings. The van der Waals surface area contributed by atoms with Crippen LogP contribution in [0.15, 0.2) is 23.7 Å². The number of thiazole rings is 1. The van der Waals surface area contributed by atoms with Crippen molar-refractivity contribution >= 4 is 17.3 Å². The van der Waals surface area contributed by atoms with E-state index in [4.69, 9.17) is 9.84 Å². The number of hydrogen-bond acceptors (Lipinski definition) is 4. The molecule has 0 aliphatic carbocycles. The van der Waals surface area contributed by atoms with E-state index in [0.717, 1.165) is 12.1 Å². The first-order valence-electron chi connectivity index (χ1n) is 5.93. The number of aryl methyl sites for hydroxylation is 2. The summed E-state index contributed by atoms with van der Waals surface area (Å²) in [7, 11) is 0. The third-order valence-electron chi connectivity index (χ3n) is 2.87. The number of rotatable bonds is 5. The predicted octanol–water partition coefficient (Wildman–Crippen LogP) is 3.08. The first-order chi connectivity index (χ1) is 9.08. The van der Waals surface area contributed by atoms with E-state index in [1.165, 1.54) is 4.88 Å². The van der Waals surface area contributed by atoms with Gasteiger partial charge in [0.25, 0.3) is 0 Å². The summed E-state index contributed by atoms with van der Waals surface area (Å²) in [5.41, 5.74) is 3.90. The van der Waals surface area contributed by atoms with Crippen molar-refractivity contribution in [2.24, 2.45) is 0 Å². The molecule has 0 saturated carbocycles. The molecule has 5 heteroatoms. The third kappa shape index (κ3) is 3.32. The van der Waals surface area contributed by atoms with Gasteiger partial charge in [-0.1, -0.05) is 0 Å². The maximum atomic E-state index is 10.9. The second-order valence-corrected chi connectivity index (χ2v) is 5.18. The van der Waals surface area contributed by atoms with Gasteiger partial charge < -0.3 is 9.84 Å². The van der Waals surface area contributed by atoms with Crippen LogP contribution in [0.2, 0.25) is 0 Å². The van der Waals surface area contributed by atoms with Gasteiger partial charge in [-0.05, 0) is 37.6 Å². The summed E-state index contributed by atoms with van der Waals surface area (Å²) in [4.78, 5) is 16.3. The molecule has 0 radical (unpaired) electrons. The van der Waals surface area contributed by atoms with Gasteiger partial charge in [-0.25, -0.2) is 9.78 Å². The van der Waals surface area contributed by atoms with Crippen molar-refractivity contribution in [3.05, 3.63) is 45.4 Å². The maximum absolute atomic E-state index is 10.9. The van der Waals surface area contributed by atoms with Gasteiger partial charge in [-0.3, -0.25) is 0 Å². The first kappa shape index (κ1) is 13.5. The Balaban J connectivity index is 1.95. The van der Waals surface area contributed by atoms with Crippen molar-refractivity contribution < 1.29 is 14.6 Å². The number of hydrogen-bond donors (Lipinski definition) is 1. The molecule has 1 heterocycles. The van der Waals surface area contributed by atoms with E-state index >= 15 is 0 Å². The Labute approximate surface area is 115 Å². The van der Waals surface area contributed by atoms with Crippen LogP contribution in [0.25, 0.3) is 0 Å². The Bertz CT molecular complexity index is 592. The minimum atomic E-state index is -0.913. The SMILES string of the molecule is Cc1cc(OCCc2scnc2C)ccc1C(=O)O. The van der Waals surface area contributed by atoms with Gasteiger partial charge >= 0.3 is 5.97 Å². The molecule has 0 amide bonds. The van der Waals surface area contributed by atoms with Crippen LogP contribution < -0.4 is 4.74 Å². The average Bonchev–Trinajstić information content (AvgIpc) is 2.75. The number of aromatic carboxylic acids is 1. The standard InChI is InChI=1S/C14H15NO3S/c1-9-7-11(3-4-12(9)14(16)17)18-6-5-13-10(2)15-8-19-13/h3-4,7-8H,5-6H2,1-2H3,(H,16,17). The van der Waals surface area contributed by atoms with Crippen molar-refractivity contribution in [3.63, 3.8) is 0 Å². The molecule has 1 aromatic carbocycles. The van der Waals surface area contributed by atoms with E-state index in [1.54, 1.807) is 36.5 Å². The van der Waals surface area contributed by atoms with E-state index in [1.807, 2.05) is 12.4 Å². The summed E-state index contributed by atoms with van der Waals surface area (Å²) in [5, 5.41) is 8.94. The second kappa shape index (κ2) is 5.84. The highest BCUT2D eigenvalue weighted by atomic mass is 32.1. The van der Waals surface area contributed by atoms with E-state index in [-0.39, 0.29) is 0 Å². The highest BCUT2D eigenvalue weighted by Crippen LogP contribution is 2.18. The molecular weight excluding hydrogens is 262 g/mol. The Kier molecular flexibility index (Phi) is 4.16. The zero-order valence-corrected chi connectivity index (χ0v) is 11.7. The number of ether oxygens (including phenoxy) is 1. The minimum absolute atomic E-state index is 0.311. The summed E-state index contributed by atoms with van der Waals surface area (Å²) in [6.45, 7) is 4.32. The molecule has 100 valence electrons. The van der Waals surface area contributed by atoms with Gasteiger partial charge in [0.05, 0.1) is 23.4 Å². The summed E-state index contributed by atoms with van der Waals surface area (Å²) >= 11 is 1.63. The molecule has 0 atom stereocenters. The van der Waals surface area contributed by atoms with Crippen LogP contribution >= 0.6 is 11.3 Å². The van der Waals surface area contributed by atoms with Crippen molar-refractivity contribution in [1.82, 2.24) is 4.98 Å². The molecule has 0 unspecified atom stereocenters. The second-order valence-electron chi connectivity index (χ2n) is 4.24. The third-order valence-corrected chi connectivity index (χ3v) is 3.87. The normalized spacial score (nSPS) is 10.4. The molecule has 0 spiro atoms. The fourth-order valence-corrected chi connectivity index (χ4v) is 2.56. The lowest BCUT2D eigenvalue weighted by atomic mass is 10.1. The Morgan fingerprint density at radius 2 is 2.21 bits per heavy atom. The number of nitrogens with zero attached hydrogens (tertiary/aromatic N) is 1. The average molecular weight is 277 g/mol. The summed E-state index contributed by atoms with van der Waals surface area (Å²) in [6.07, 6.45) is 0.816. The topological polar surface area (TPSA) is 59.4 Å². The number of aromatic nitrogens is 1. The smallest absolute Gasteiger partial charge is 0.335 e. The lowest BCUT2D eigenvalue weighted by Crippen LogP contribution is -2.03. The molecule has 1 N–H and O–H groups in total. The Hall–Kier alpha value is -1.88. The van der Waals surface area contributed by atoms with Gasteiger partial charge in [0, 0.05) is 11.3 Å². The van der Waals surface area contributed by atoms with Gasteiger partial charge in [-0.15, -0.1) is 11.3 Å².